The Morgan fingerprint density at radius 2 is 1.56 bits per heavy atom. The highest BCUT2D eigenvalue weighted by Crippen LogP contribution is 2.62. The number of hydrogen-bond donors (Lipinski definition) is 0. The first-order chi connectivity index (χ1) is 12.4. The van der Waals surface area contributed by atoms with Gasteiger partial charge in [-0.1, -0.05) is 36.4 Å². The summed E-state index contributed by atoms with van der Waals surface area (Å²) in [6, 6.07) is 0. The molecule has 4 bridgehead atoms. The Hall–Kier alpha value is -0.470. The highest BCUT2D eigenvalue weighted by molar-refractivity contribution is 14.1. The SMILES string of the molecule is COC(=O)C(F)(F)CC(C)(I)C(=O)OC1(C(C)C)C2CC3CC(C2)CC1C3. The molecule has 1 unspecified atom stereocenters. The fourth-order valence-electron chi connectivity index (χ4n) is 6.13. The van der Waals surface area contributed by atoms with Gasteiger partial charge in [-0.3, -0.25) is 4.79 Å². The van der Waals surface area contributed by atoms with E-state index >= 15 is 0 Å². The van der Waals surface area contributed by atoms with Crippen molar-refractivity contribution in [2.24, 2.45) is 29.6 Å². The van der Waals surface area contributed by atoms with Crippen LogP contribution in [0.2, 0.25) is 0 Å². The third kappa shape index (κ3) is 3.62. The molecule has 0 aliphatic heterocycles. The van der Waals surface area contributed by atoms with Gasteiger partial charge < -0.3 is 9.47 Å². The molecule has 0 amide bonds. The van der Waals surface area contributed by atoms with Crippen molar-refractivity contribution in [1.29, 1.82) is 0 Å². The summed E-state index contributed by atoms with van der Waals surface area (Å²) in [5, 5.41) is 0. The molecular formula is C20H29F2IO4. The Balaban J connectivity index is 1.81. The summed E-state index contributed by atoms with van der Waals surface area (Å²) in [7, 11) is 0.918. The second-order valence-corrected chi connectivity index (χ2v) is 11.7. The summed E-state index contributed by atoms with van der Waals surface area (Å²) >= 11 is 1.70. The van der Waals surface area contributed by atoms with Gasteiger partial charge in [-0.2, -0.15) is 8.78 Å². The van der Waals surface area contributed by atoms with Crippen molar-refractivity contribution in [3.05, 3.63) is 0 Å². The van der Waals surface area contributed by atoms with Crippen LogP contribution in [0.4, 0.5) is 8.78 Å². The molecule has 4 aliphatic rings. The Morgan fingerprint density at radius 3 is 1.96 bits per heavy atom. The quantitative estimate of drug-likeness (QED) is 0.301. The number of esters is 2. The van der Waals surface area contributed by atoms with Crippen LogP contribution in [0.3, 0.4) is 0 Å². The van der Waals surface area contributed by atoms with Gasteiger partial charge >= 0.3 is 17.9 Å². The molecule has 0 aromatic carbocycles. The molecule has 154 valence electrons. The summed E-state index contributed by atoms with van der Waals surface area (Å²) in [5.74, 6) is -3.81. The Bertz CT molecular complexity index is 589. The van der Waals surface area contributed by atoms with Crippen LogP contribution in [-0.4, -0.2) is 34.0 Å². The third-order valence-electron chi connectivity index (χ3n) is 7.05. The molecular weight excluding hydrogens is 469 g/mol. The first kappa shape index (κ1) is 21.2. The molecule has 0 heterocycles. The minimum atomic E-state index is -3.72. The maximum absolute atomic E-state index is 14.1. The van der Waals surface area contributed by atoms with Gasteiger partial charge in [0, 0.05) is 6.42 Å². The molecule has 4 saturated carbocycles. The summed E-state index contributed by atoms with van der Waals surface area (Å²) in [6.07, 6.45) is 4.61. The molecule has 0 aromatic rings. The van der Waals surface area contributed by atoms with E-state index in [2.05, 4.69) is 18.6 Å². The van der Waals surface area contributed by atoms with Gasteiger partial charge in [-0.25, -0.2) is 4.79 Å². The van der Waals surface area contributed by atoms with Crippen LogP contribution in [-0.2, 0) is 19.1 Å². The van der Waals surface area contributed by atoms with Gasteiger partial charge in [-0.15, -0.1) is 0 Å². The highest BCUT2D eigenvalue weighted by atomic mass is 127. The van der Waals surface area contributed by atoms with E-state index in [1.54, 1.807) is 22.6 Å². The number of carbonyl (C=O) groups excluding carboxylic acids is 2. The largest absolute Gasteiger partial charge is 0.465 e. The molecule has 4 aliphatic carbocycles. The van der Waals surface area contributed by atoms with E-state index < -0.39 is 33.3 Å². The number of halogens is 3. The standard InChI is InChI=1S/C20H29F2IO4/c1-11(2)20(14-6-12-5-13(8-14)9-15(20)7-12)27-16(24)18(3,23)10-19(21,22)17(25)26-4/h11-15H,5-10H2,1-4H3. The Kier molecular flexibility index (Phi) is 5.58. The minimum absolute atomic E-state index is 0.129. The first-order valence-electron chi connectivity index (χ1n) is 9.81. The number of carbonyl (C=O) groups is 2. The number of ether oxygens (including phenoxy) is 2. The maximum atomic E-state index is 14.1. The molecule has 0 N–H and O–H groups in total. The van der Waals surface area contributed by atoms with E-state index in [0.717, 1.165) is 32.8 Å². The number of hydrogen-bond acceptors (Lipinski definition) is 4. The van der Waals surface area contributed by atoms with Crippen molar-refractivity contribution in [2.75, 3.05) is 7.11 Å². The lowest BCUT2D eigenvalue weighted by molar-refractivity contribution is -0.227. The monoisotopic (exact) mass is 498 g/mol. The van der Waals surface area contributed by atoms with Gasteiger partial charge in [0.2, 0.25) is 0 Å². The molecule has 7 heteroatoms. The zero-order chi connectivity index (χ0) is 20.2. The van der Waals surface area contributed by atoms with E-state index in [0.29, 0.717) is 23.7 Å². The van der Waals surface area contributed by atoms with E-state index in [4.69, 9.17) is 4.74 Å². The maximum Gasteiger partial charge on any atom is 0.376 e. The van der Waals surface area contributed by atoms with Crippen LogP contribution >= 0.6 is 22.6 Å². The summed E-state index contributed by atoms with van der Waals surface area (Å²) in [5.41, 5.74) is -0.572. The Morgan fingerprint density at radius 1 is 1.07 bits per heavy atom. The van der Waals surface area contributed by atoms with E-state index in [9.17, 15) is 18.4 Å². The molecule has 0 radical (unpaired) electrons. The van der Waals surface area contributed by atoms with E-state index in [-0.39, 0.29) is 5.92 Å². The van der Waals surface area contributed by atoms with Crippen molar-refractivity contribution in [2.45, 2.75) is 74.2 Å². The molecule has 4 nitrogen and oxygen atoms in total. The lowest BCUT2D eigenvalue weighted by atomic mass is 9.47. The van der Waals surface area contributed by atoms with E-state index in [1.165, 1.54) is 13.3 Å². The summed E-state index contributed by atoms with van der Waals surface area (Å²) in [6.45, 7) is 5.56. The van der Waals surface area contributed by atoms with Gasteiger partial charge in [0.25, 0.3) is 0 Å². The van der Waals surface area contributed by atoms with Crippen molar-refractivity contribution < 1.29 is 27.8 Å². The van der Waals surface area contributed by atoms with Crippen molar-refractivity contribution in [1.82, 2.24) is 0 Å². The van der Waals surface area contributed by atoms with Gasteiger partial charge in [0.15, 0.2) is 0 Å². The van der Waals surface area contributed by atoms with Gasteiger partial charge in [-0.05, 0) is 68.6 Å². The normalized spacial score (nSPS) is 37.2. The van der Waals surface area contributed by atoms with Crippen LogP contribution in [0.5, 0.6) is 0 Å². The average Bonchev–Trinajstić information content (AvgIpc) is 2.55. The smallest absolute Gasteiger partial charge is 0.376 e. The minimum Gasteiger partial charge on any atom is -0.465 e. The van der Waals surface area contributed by atoms with Crippen molar-refractivity contribution in [3.8, 4) is 0 Å². The molecule has 0 saturated heterocycles. The molecule has 0 spiro atoms. The van der Waals surface area contributed by atoms with Gasteiger partial charge in [0.1, 0.15) is 9.02 Å². The molecule has 4 rings (SSSR count). The molecule has 27 heavy (non-hydrogen) atoms. The summed E-state index contributed by atoms with van der Waals surface area (Å²) in [4.78, 5) is 24.4. The average molecular weight is 498 g/mol. The zero-order valence-corrected chi connectivity index (χ0v) is 18.6. The van der Waals surface area contributed by atoms with Crippen LogP contribution < -0.4 is 0 Å². The Labute approximate surface area is 173 Å². The lowest BCUT2D eigenvalue weighted by Crippen LogP contribution is -2.63. The topological polar surface area (TPSA) is 52.6 Å². The van der Waals surface area contributed by atoms with Crippen LogP contribution in [0, 0.1) is 29.6 Å². The van der Waals surface area contributed by atoms with Crippen LogP contribution in [0.15, 0.2) is 0 Å². The lowest BCUT2D eigenvalue weighted by Gasteiger charge is -2.62. The fourth-order valence-corrected chi connectivity index (χ4v) is 6.71. The molecule has 0 aromatic heterocycles. The second-order valence-electron chi connectivity index (χ2n) is 9.27. The fraction of sp³-hybridized carbons (Fsp3) is 0.900. The van der Waals surface area contributed by atoms with Crippen molar-refractivity contribution >= 4 is 34.5 Å². The number of rotatable bonds is 6. The first-order valence-corrected chi connectivity index (χ1v) is 10.9. The predicted octanol–water partition coefficient (Wildman–Crippen LogP) is 4.77. The van der Waals surface area contributed by atoms with Crippen molar-refractivity contribution in [3.63, 3.8) is 0 Å². The summed E-state index contributed by atoms with van der Waals surface area (Å²) < 4.78 is 37.1. The number of alkyl halides is 3. The zero-order valence-electron chi connectivity index (χ0n) is 16.4. The third-order valence-corrected chi connectivity index (χ3v) is 7.87. The predicted molar refractivity (Wildman–Crippen MR) is 105 cm³/mol. The second kappa shape index (κ2) is 7.10. The van der Waals surface area contributed by atoms with Crippen LogP contribution in [0.25, 0.3) is 0 Å². The number of methoxy groups -OCH3 is 1. The van der Waals surface area contributed by atoms with E-state index in [1.807, 2.05) is 0 Å². The molecule has 4 fully saturated rings. The highest BCUT2D eigenvalue weighted by Gasteiger charge is 2.62. The molecule has 1 atom stereocenters. The van der Waals surface area contributed by atoms with Gasteiger partial charge in [0.05, 0.1) is 7.11 Å². The van der Waals surface area contributed by atoms with Crippen LogP contribution in [0.1, 0.15) is 59.3 Å².